The first-order chi connectivity index (χ1) is 7.29. The van der Waals surface area contributed by atoms with E-state index >= 15 is 0 Å². The monoisotopic (exact) mass is 204 g/mol. The van der Waals surface area contributed by atoms with Crippen molar-refractivity contribution in [1.29, 1.82) is 0 Å². The highest BCUT2D eigenvalue weighted by Gasteiger charge is 2.02. The molecule has 2 aromatic heterocycles. The normalized spacial score (nSPS) is 10.8. The third-order valence-electron chi connectivity index (χ3n) is 2.35. The van der Waals surface area contributed by atoms with Crippen LogP contribution in [-0.2, 0) is 13.1 Å². The predicted molar refractivity (Wildman–Crippen MR) is 58.6 cm³/mol. The Kier molecular flexibility index (Phi) is 2.85. The summed E-state index contributed by atoms with van der Waals surface area (Å²) in [7, 11) is 0. The maximum atomic E-state index is 4.27. The van der Waals surface area contributed by atoms with E-state index in [1.54, 1.807) is 0 Å². The fourth-order valence-corrected chi connectivity index (χ4v) is 1.64. The zero-order valence-electron chi connectivity index (χ0n) is 9.22. The molecule has 0 atom stereocenters. The molecule has 0 N–H and O–H groups in total. The molecule has 0 aliphatic carbocycles. The molecule has 15 heavy (non-hydrogen) atoms. The Morgan fingerprint density at radius 3 is 2.87 bits per heavy atom. The summed E-state index contributed by atoms with van der Waals surface area (Å²) in [5.74, 6) is 0. The average Bonchev–Trinajstić information content (AvgIpc) is 2.78. The number of imidazole rings is 1. The number of aromatic nitrogens is 4. The molecule has 0 aromatic carbocycles. The van der Waals surface area contributed by atoms with Crippen LogP contribution in [0.3, 0.4) is 0 Å². The smallest absolute Gasteiger partial charge is 0.0948 e. The Morgan fingerprint density at radius 2 is 2.20 bits per heavy atom. The predicted octanol–water partition coefficient (Wildman–Crippen LogP) is 1.85. The first kappa shape index (κ1) is 9.96. The van der Waals surface area contributed by atoms with E-state index in [0.29, 0.717) is 0 Å². The number of nitrogens with zero attached hydrogens (tertiary/aromatic N) is 4. The third kappa shape index (κ3) is 2.26. The van der Waals surface area contributed by atoms with Crippen molar-refractivity contribution in [2.45, 2.75) is 33.4 Å². The number of aryl methyl sites for hydroxylation is 2. The molecule has 0 saturated carbocycles. The number of hydrogen-bond acceptors (Lipinski definition) is 2. The second-order valence-corrected chi connectivity index (χ2v) is 3.79. The molecule has 2 rings (SSSR count). The van der Waals surface area contributed by atoms with E-state index in [0.717, 1.165) is 19.5 Å². The highest BCUT2D eigenvalue weighted by molar-refractivity contribution is 5.04. The molecule has 80 valence electrons. The molecule has 0 amide bonds. The quantitative estimate of drug-likeness (QED) is 0.762. The van der Waals surface area contributed by atoms with Crippen LogP contribution in [0, 0.1) is 6.92 Å². The molecule has 0 fully saturated rings. The second-order valence-electron chi connectivity index (χ2n) is 3.79. The van der Waals surface area contributed by atoms with Gasteiger partial charge in [0.05, 0.1) is 31.0 Å². The van der Waals surface area contributed by atoms with Crippen LogP contribution in [0.2, 0.25) is 0 Å². The summed E-state index contributed by atoms with van der Waals surface area (Å²) < 4.78 is 4.12. The summed E-state index contributed by atoms with van der Waals surface area (Å²) >= 11 is 0. The summed E-state index contributed by atoms with van der Waals surface area (Å²) in [6.07, 6.45) is 8.84. The minimum Gasteiger partial charge on any atom is -0.333 e. The Labute approximate surface area is 89.6 Å². The van der Waals surface area contributed by atoms with Gasteiger partial charge in [0.25, 0.3) is 0 Å². The summed E-state index contributed by atoms with van der Waals surface area (Å²) in [5.41, 5.74) is 2.40. The van der Waals surface area contributed by atoms with E-state index in [4.69, 9.17) is 0 Å². The molecule has 2 heterocycles. The van der Waals surface area contributed by atoms with Crippen LogP contribution in [0.4, 0.5) is 0 Å². The van der Waals surface area contributed by atoms with E-state index in [9.17, 15) is 0 Å². The van der Waals surface area contributed by atoms with Crippen LogP contribution >= 0.6 is 0 Å². The molecule has 0 radical (unpaired) electrons. The fourth-order valence-electron chi connectivity index (χ4n) is 1.64. The van der Waals surface area contributed by atoms with Gasteiger partial charge in [0, 0.05) is 12.7 Å². The first-order valence-electron chi connectivity index (χ1n) is 5.27. The second kappa shape index (κ2) is 4.29. The lowest BCUT2D eigenvalue weighted by molar-refractivity contribution is 0.596. The summed E-state index contributed by atoms with van der Waals surface area (Å²) in [4.78, 5) is 4.17. The molecule has 0 bridgehead atoms. The van der Waals surface area contributed by atoms with Gasteiger partial charge in [-0.1, -0.05) is 6.92 Å². The molecule has 4 heteroatoms. The van der Waals surface area contributed by atoms with E-state index in [2.05, 4.69) is 21.6 Å². The van der Waals surface area contributed by atoms with Crippen LogP contribution in [0.15, 0.2) is 24.9 Å². The van der Waals surface area contributed by atoms with Crippen molar-refractivity contribution in [2.75, 3.05) is 0 Å². The van der Waals surface area contributed by atoms with Crippen molar-refractivity contribution in [3.05, 3.63) is 36.2 Å². The lowest BCUT2D eigenvalue weighted by atomic mass is 10.4. The Morgan fingerprint density at radius 1 is 1.33 bits per heavy atom. The average molecular weight is 204 g/mol. The van der Waals surface area contributed by atoms with Crippen molar-refractivity contribution in [3.63, 3.8) is 0 Å². The van der Waals surface area contributed by atoms with Crippen LogP contribution in [0.1, 0.15) is 24.6 Å². The molecule has 0 unspecified atom stereocenters. The Hall–Kier alpha value is -1.58. The fraction of sp³-hybridized carbons (Fsp3) is 0.455. The van der Waals surface area contributed by atoms with Crippen molar-refractivity contribution in [1.82, 2.24) is 19.3 Å². The van der Waals surface area contributed by atoms with Crippen LogP contribution in [0.5, 0.6) is 0 Å². The molecule has 0 aliphatic heterocycles. The molecule has 0 aliphatic rings. The molecule has 0 saturated heterocycles. The molecular weight excluding hydrogens is 188 g/mol. The van der Waals surface area contributed by atoms with E-state index < -0.39 is 0 Å². The summed E-state index contributed by atoms with van der Waals surface area (Å²) in [5, 5.41) is 4.27. The van der Waals surface area contributed by atoms with Gasteiger partial charge in [0.1, 0.15) is 0 Å². The molecular formula is C11H16N4. The zero-order valence-corrected chi connectivity index (χ0v) is 9.22. The minimum absolute atomic E-state index is 0.799. The first-order valence-corrected chi connectivity index (χ1v) is 5.27. The highest BCUT2D eigenvalue weighted by Crippen LogP contribution is 2.04. The van der Waals surface area contributed by atoms with Gasteiger partial charge in [0.2, 0.25) is 0 Å². The van der Waals surface area contributed by atoms with Gasteiger partial charge in [-0.3, -0.25) is 4.68 Å². The number of rotatable bonds is 4. The Bertz CT molecular complexity index is 427. The van der Waals surface area contributed by atoms with Gasteiger partial charge < -0.3 is 4.57 Å². The lowest BCUT2D eigenvalue weighted by Gasteiger charge is -2.06. The minimum atomic E-state index is 0.799. The van der Waals surface area contributed by atoms with Crippen LogP contribution in [-0.4, -0.2) is 19.3 Å². The van der Waals surface area contributed by atoms with Crippen molar-refractivity contribution < 1.29 is 0 Å². The van der Waals surface area contributed by atoms with Gasteiger partial charge in [0.15, 0.2) is 0 Å². The van der Waals surface area contributed by atoms with E-state index in [-0.39, 0.29) is 0 Å². The van der Waals surface area contributed by atoms with E-state index in [1.807, 2.05) is 36.5 Å². The van der Waals surface area contributed by atoms with E-state index in [1.165, 1.54) is 11.3 Å². The SMILES string of the molecule is CCCn1cncc1Cn1cc(C)cn1. The van der Waals surface area contributed by atoms with Gasteiger partial charge in [-0.25, -0.2) is 4.98 Å². The van der Waals surface area contributed by atoms with Gasteiger partial charge in [-0.15, -0.1) is 0 Å². The van der Waals surface area contributed by atoms with Crippen LogP contribution in [0.25, 0.3) is 0 Å². The maximum absolute atomic E-state index is 4.27. The molecule has 2 aromatic rings. The largest absolute Gasteiger partial charge is 0.333 e. The summed E-state index contributed by atoms with van der Waals surface area (Å²) in [6.45, 7) is 6.04. The highest BCUT2D eigenvalue weighted by atomic mass is 15.3. The number of hydrogen-bond donors (Lipinski definition) is 0. The van der Waals surface area contributed by atoms with Gasteiger partial charge in [-0.05, 0) is 18.9 Å². The van der Waals surface area contributed by atoms with Crippen LogP contribution < -0.4 is 0 Å². The van der Waals surface area contributed by atoms with Gasteiger partial charge >= 0.3 is 0 Å². The topological polar surface area (TPSA) is 35.6 Å². The van der Waals surface area contributed by atoms with Crippen molar-refractivity contribution >= 4 is 0 Å². The zero-order chi connectivity index (χ0) is 10.7. The molecule has 4 nitrogen and oxygen atoms in total. The van der Waals surface area contributed by atoms with Crippen molar-refractivity contribution in [3.8, 4) is 0 Å². The standard InChI is InChI=1S/C11H16N4/c1-3-4-14-9-12-6-11(14)8-15-7-10(2)5-13-15/h5-7,9H,3-4,8H2,1-2H3. The third-order valence-corrected chi connectivity index (χ3v) is 2.35. The Balaban J connectivity index is 2.13. The molecule has 0 spiro atoms. The summed E-state index contributed by atoms with van der Waals surface area (Å²) in [6, 6.07) is 0. The maximum Gasteiger partial charge on any atom is 0.0948 e. The van der Waals surface area contributed by atoms with Crippen molar-refractivity contribution in [2.24, 2.45) is 0 Å². The van der Waals surface area contributed by atoms with Gasteiger partial charge in [-0.2, -0.15) is 5.10 Å². The lowest BCUT2D eigenvalue weighted by Crippen LogP contribution is -2.07.